The topological polar surface area (TPSA) is 20.2 Å². The molecule has 1 aliphatic rings. The summed E-state index contributed by atoms with van der Waals surface area (Å²) < 4.78 is 0. The van der Waals surface area contributed by atoms with Gasteiger partial charge in [-0.15, -0.1) is 0 Å². The molecule has 54 valence electrons. The van der Waals surface area contributed by atoms with Gasteiger partial charge in [0.15, 0.2) is 0 Å². The molecule has 10 heavy (non-hydrogen) atoms. The first-order valence-electron chi connectivity index (χ1n) is 3.90. The quantitative estimate of drug-likeness (QED) is 0.450. The van der Waals surface area contributed by atoms with Crippen molar-refractivity contribution in [1.82, 2.24) is 0 Å². The van der Waals surface area contributed by atoms with E-state index in [4.69, 9.17) is 0 Å². The third kappa shape index (κ3) is 2.92. The molecule has 1 nitrogen and oxygen atoms in total. The molecule has 3 unspecified atom stereocenters. The normalized spacial score (nSPS) is 40.5. The van der Waals surface area contributed by atoms with Crippen molar-refractivity contribution >= 4 is 0 Å². The third-order valence-corrected chi connectivity index (χ3v) is 2.66. The Bertz CT molecular complexity index is 85.3. The fourth-order valence-electron chi connectivity index (χ4n) is 1.55. The van der Waals surface area contributed by atoms with Gasteiger partial charge in [-0.05, 0) is 18.3 Å². The molecule has 2 heteroatoms. The van der Waals surface area contributed by atoms with E-state index in [1.165, 1.54) is 12.8 Å². The minimum atomic E-state index is -0.0197. The first-order valence-corrected chi connectivity index (χ1v) is 3.90. The summed E-state index contributed by atoms with van der Waals surface area (Å²) >= 11 is 0. The van der Waals surface area contributed by atoms with Crippen molar-refractivity contribution in [1.29, 1.82) is 0 Å². The summed E-state index contributed by atoms with van der Waals surface area (Å²) in [6.07, 6.45) is 3.52. The minimum Gasteiger partial charge on any atom is -0.393 e. The van der Waals surface area contributed by atoms with E-state index >= 15 is 0 Å². The van der Waals surface area contributed by atoms with E-state index in [0.717, 1.165) is 12.3 Å². The fourth-order valence-corrected chi connectivity index (χ4v) is 1.55. The van der Waals surface area contributed by atoms with Gasteiger partial charge < -0.3 is 5.11 Å². The summed E-state index contributed by atoms with van der Waals surface area (Å²) in [6.45, 7) is 4.38. The van der Waals surface area contributed by atoms with E-state index in [-0.39, 0.29) is 57.5 Å². The van der Waals surface area contributed by atoms with Gasteiger partial charge in [0, 0.05) is 0 Å². The Labute approximate surface area is 106 Å². The second kappa shape index (κ2) is 5.28. The zero-order valence-corrected chi connectivity index (χ0v) is 10.4. The van der Waals surface area contributed by atoms with Crippen LogP contribution in [0.1, 0.15) is 33.1 Å². The smallest absolute Gasteiger partial charge is 0.393 e. The first kappa shape index (κ1) is 11.6. The molecule has 1 fully saturated rings. The molecular weight excluding hydrogens is 151 g/mol. The zero-order valence-electron chi connectivity index (χ0n) is 7.30. The summed E-state index contributed by atoms with van der Waals surface area (Å²) in [5.41, 5.74) is 0. The maximum Gasteiger partial charge on any atom is 1.00 e. The average molecular weight is 167 g/mol. The van der Waals surface area contributed by atoms with Crippen LogP contribution in [0.3, 0.4) is 0 Å². The van der Waals surface area contributed by atoms with Gasteiger partial charge in [-0.2, -0.15) is 0 Å². The maximum absolute atomic E-state index is 9.35. The molecule has 3 atom stereocenters. The Morgan fingerprint density at radius 3 is 2.20 bits per heavy atom. The van der Waals surface area contributed by atoms with Gasteiger partial charge in [-0.1, -0.05) is 26.7 Å². The van der Waals surface area contributed by atoms with E-state index in [2.05, 4.69) is 13.8 Å². The number of aliphatic hydroxyl groups is 1. The van der Waals surface area contributed by atoms with Crippen molar-refractivity contribution in [2.45, 2.75) is 39.2 Å². The van der Waals surface area contributed by atoms with Crippen LogP contribution < -0.4 is 51.4 Å². The second-order valence-corrected chi connectivity index (χ2v) is 3.33. The van der Waals surface area contributed by atoms with Crippen LogP contribution in [0, 0.1) is 11.8 Å². The predicted molar refractivity (Wildman–Crippen MR) is 38.2 cm³/mol. The summed E-state index contributed by atoms with van der Waals surface area (Å²) in [5, 5.41) is 9.35. The van der Waals surface area contributed by atoms with Gasteiger partial charge in [0.25, 0.3) is 0 Å². The molecule has 0 radical (unpaired) electrons. The number of rotatable bonds is 0. The monoisotopic (exact) mass is 167 g/mol. The van der Waals surface area contributed by atoms with Gasteiger partial charge in [-0.3, -0.25) is 0 Å². The number of hydrogen-bond donors (Lipinski definition) is 1. The molecule has 1 saturated carbocycles. The summed E-state index contributed by atoms with van der Waals surface area (Å²) in [5.74, 6) is 1.26. The van der Waals surface area contributed by atoms with Crippen molar-refractivity contribution in [2.24, 2.45) is 11.8 Å². The summed E-state index contributed by atoms with van der Waals surface area (Å²) in [7, 11) is 0. The predicted octanol–water partition coefficient (Wildman–Crippen LogP) is -1.19. The van der Waals surface area contributed by atoms with Crippen LogP contribution in [-0.4, -0.2) is 11.2 Å². The fraction of sp³-hybridized carbons (Fsp3) is 1.00. The van der Waals surface area contributed by atoms with Crippen LogP contribution in [0.2, 0.25) is 0 Å². The van der Waals surface area contributed by atoms with Crippen LogP contribution in [-0.2, 0) is 0 Å². The van der Waals surface area contributed by atoms with E-state index in [1.807, 2.05) is 0 Å². The second-order valence-electron chi connectivity index (χ2n) is 3.33. The van der Waals surface area contributed by atoms with Crippen molar-refractivity contribution in [3.8, 4) is 0 Å². The molecule has 0 aromatic rings. The average Bonchev–Trinajstić information content (AvgIpc) is 1.83. The molecule has 0 saturated heterocycles. The van der Waals surface area contributed by atoms with Gasteiger partial charge in [0.2, 0.25) is 0 Å². The molecule has 0 amide bonds. The molecule has 0 aromatic heterocycles. The third-order valence-electron chi connectivity index (χ3n) is 2.66. The standard InChI is InChI=1S/C8H16O.K/c1-6-4-3-5-8(9)7(6)2;/h6-9H,3-5H2,1-2H3;/q;+1. The van der Waals surface area contributed by atoms with E-state index in [0.29, 0.717) is 5.92 Å². The minimum absolute atomic E-state index is 0. The molecule has 1 aliphatic carbocycles. The van der Waals surface area contributed by atoms with E-state index < -0.39 is 0 Å². The molecule has 0 bridgehead atoms. The maximum atomic E-state index is 9.35. The van der Waals surface area contributed by atoms with Crippen LogP contribution in [0.4, 0.5) is 0 Å². The van der Waals surface area contributed by atoms with Crippen LogP contribution >= 0.6 is 0 Å². The first-order chi connectivity index (χ1) is 4.22. The Morgan fingerprint density at radius 2 is 1.80 bits per heavy atom. The summed E-state index contributed by atoms with van der Waals surface area (Å²) in [6, 6.07) is 0. The Morgan fingerprint density at radius 1 is 1.20 bits per heavy atom. The summed E-state index contributed by atoms with van der Waals surface area (Å²) in [4.78, 5) is 0. The van der Waals surface area contributed by atoms with Crippen molar-refractivity contribution < 1.29 is 56.5 Å². The molecule has 0 aromatic carbocycles. The van der Waals surface area contributed by atoms with Crippen LogP contribution in [0.25, 0.3) is 0 Å². The van der Waals surface area contributed by atoms with Gasteiger partial charge in [0.05, 0.1) is 6.10 Å². The van der Waals surface area contributed by atoms with Crippen molar-refractivity contribution in [3.63, 3.8) is 0 Å². The Hall–Kier alpha value is 1.60. The van der Waals surface area contributed by atoms with Crippen LogP contribution in [0.15, 0.2) is 0 Å². The molecule has 1 N–H and O–H groups in total. The zero-order chi connectivity index (χ0) is 6.85. The molecular formula is C8H16KO+. The van der Waals surface area contributed by atoms with Crippen molar-refractivity contribution in [3.05, 3.63) is 0 Å². The molecule has 0 heterocycles. The Kier molecular flexibility index (Phi) is 6.12. The van der Waals surface area contributed by atoms with Gasteiger partial charge >= 0.3 is 51.4 Å². The largest absolute Gasteiger partial charge is 1.00 e. The molecule has 1 rings (SSSR count). The SMILES string of the molecule is CC1CCCC(O)C1C.[K+]. The number of aliphatic hydroxyl groups excluding tert-OH is 1. The van der Waals surface area contributed by atoms with Crippen LogP contribution in [0.5, 0.6) is 0 Å². The van der Waals surface area contributed by atoms with Gasteiger partial charge in [-0.25, -0.2) is 0 Å². The number of hydrogen-bond acceptors (Lipinski definition) is 1. The van der Waals surface area contributed by atoms with E-state index in [1.54, 1.807) is 0 Å². The molecule has 0 aliphatic heterocycles. The molecule has 0 spiro atoms. The Balaban J connectivity index is 0.000000810. The van der Waals surface area contributed by atoms with Gasteiger partial charge in [0.1, 0.15) is 0 Å². The van der Waals surface area contributed by atoms with E-state index in [9.17, 15) is 5.11 Å². The van der Waals surface area contributed by atoms with Crippen molar-refractivity contribution in [2.75, 3.05) is 0 Å².